The minimum absolute atomic E-state index is 1.09. The third-order valence-corrected chi connectivity index (χ3v) is 2.67. The van der Waals surface area contributed by atoms with E-state index in [0.29, 0.717) is 0 Å². The fourth-order valence-corrected chi connectivity index (χ4v) is 1.82. The highest BCUT2D eigenvalue weighted by molar-refractivity contribution is 7.09. The lowest BCUT2D eigenvalue weighted by atomic mass is 10.2. The van der Waals surface area contributed by atoms with Crippen molar-refractivity contribution in [1.29, 1.82) is 0 Å². The first-order valence-corrected chi connectivity index (χ1v) is 4.76. The molecule has 0 aliphatic rings. The average molecular weight is 170 g/mol. The van der Waals surface area contributed by atoms with Crippen LogP contribution in [0.15, 0.2) is 5.51 Å². The third kappa shape index (κ3) is 2.60. The minimum Gasteiger partial charge on any atom is -0.320 e. The Hall–Kier alpha value is -0.410. The molecule has 0 radical (unpaired) electrons. The predicted octanol–water partition coefficient (Wildman–Crippen LogP) is 1.60. The number of rotatable bonds is 4. The van der Waals surface area contributed by atoms with E-state index in [1.54, 1.807) is 11.3 Å². The second-order valence-corrected chi connectivity index (χ2v) is 3.51. The van der Waals surface area contributed by atoms with E-state index in [1.807, 2.05) is 12.6 Å². The van der Waals surface area contributed by atoms with Crippen LogP contribution in [0.1, 0.15) is 17.0 Å². The summed E-state index contributed by atoms with van der Waals surface area (Å²) in [7, 11) is 1.99. The van der Waals surface area contributed by atoms with E-state index in [2.05, 4.69) is 17.2 Å². The SMILES string of the molecule is CNCCCc1scnc1C. The second kappa shape index (κ2) is 4.46. The van der Waals surface area contributed by atoms with Crippen molar-refractivity contribution < 1.29 is 0 Å². The Morgan fingerprint density at radius 3 is 3.00 bits per heavy atom. The summed E-state index contributed by atoms with van der Waals surface area (Å²) >= 11 is 1.76. The number of nitrogens with zero attached hydrogens (tertiary/aromatic N) is 1. The highest BCUT2D eigenvalue weighted by Gasteiger charge is 1.99. The van der Waals surface area contributed by atoms with Gasteiger partial charge in [-0.25, -0.2) is 4.98 Å². The molecule has 1 heterocycles. The van der Waals surface area contributed by atoms with Crippen LogP contribution in [-0.2, 0) is 6.42 Å². The van der Waals surface area contributed by atoms with E-state index in [9.17, 15) is 0 Å². The van der Waals surface area contributed by atoms with Crippen LogP contribution in [0.25, 0.3) is 0 Å². The zero-order valence-electron chi connectivity index (χ0n) is 7.05. The normalized spacial score (nSPS) is 10.4. The van der Waals surface area contributed by atoms with Crippen molar-refractivity contribution in [2.24, 2.45) is 0 Å². The molecule has 0 fully saturated rings. The molecular weight excluding hydrogens is 156 g/mol. The van der Waals surface area contributed by atoms with E-state index in [4.69, 9.17) is 0 Å². The van der Waals surface area contributed by atoms with Gasteiger partial charge in [-0.1, -0.05) is 0 Å². The maximum Gasteiger partial charge on any atom is 0.0797 e. The summed E-state index contributed by atoms with van der Waals surface area (Å²) < 4.78 is 0. The van der Waals surface area contributed by atoms with Gasteiger partial charge < -0.3 is 5.32 Å². The molecule has 0 saturated carbocycles. The summed E-state index contributed by atoms with van der Waals surface area (Å²) in [6.07, 6.45) is 2.37. The van der Waals surface area contributed by atoms with Gasteiger partial charge >= 0.3 is 0 Å². The van der Waals surface area contributed by atoms with E-state index in [-0.39, 0.29) is 0 Å². The van der Waals surface area contributed by atoms with E-state index in [0.717, 1.165) is 13.0 Å². The molecule has 0 aromatic carbocycles. The quantitative estimate of drug-likeness (QED) is 0.694. The van der Waals surface area contributed by atoms with Crippen LogP contribution in [0.4, 0.5) is 0 Å². The summed E-state index contributed by atoms with van der Waals surface area (Å²) in [5.41, 5.74) is 3.12. The fraction of sp³-hybridized carbons (Fsp3) is 0.625. The molecule has 1 aromatic heterocycles. The van der Waals surface area contributed by atoms with Crippen LogP contribution in [0.3, 0.4) is 0 Å². The Kier molecular flexibility index (Phi) is 3.52. The molecule has 1 aromatic rings. The van der Waals surface area contributed by atoms with Gasteiger partial charge in [0.2, 0.25) is 0 Å². The second-order valence-electron chi connectivity index (χ2n) is 2.57. The van der Waals surface area contributed by atoms with Crippen molar-refractivity contribution in [3.8, 4) is 0 Å². The van der Waals surface area contributed by atoms with Gasteiger partial charge in [0, 0.05) is 4.88 Å². The van der Waals surface area contributed by atoms with Gasteiger partial charge in [0.25, 0.3) is 0 Å². The lowest BCUT2D eigenvalue weighted by Crippen LogP contribution is -2.08. The number of thiazole rings is 1. The molecule has 0 bridgehead atoms. The summed E-state index contributed by atoms with van der Waals surface area (Å²) in [6, 6.07) is 0. The molecule has 0 spiro atoms. The topological polar surface area (TPSA) is 24.9 Å². The fourth-order valence-electron chi connectivity index (χ4n) is 0.992. The third-order valence-electron chi connectivity index (χ3n) is 1.68. The van der Waals surface area contributed by atoms with E-state index in [1.165, 1.54) is 17.0 Å². The molecule has 0 aliphatic heterocycles. The molecule has 0 aliphatic carbocycles. The first-order chi connectivity index (χ1) is 5.34. The Labute approximate surface area is 71.7 Å². The summed E-state index contributed by atoms with van der Waals surface area (Å²) in [6.45, 7) is 3.17. The molecule has 0 amide bonds. The van der Waals surface area contributed by atoms with E-state index < -0.39 is 0 Å². The molecule has 0 atom stereocenters. The Balaban J connectivity index is 2.32. The monoisotopic (exact) mass is 170 g/mol. The molecule has 1 rings (SSSR count). The number of nitrogens with one attached hydrogen (secondary N) is 1. The van der Waals surface area contributed by atoms with Crippen LogP contribution in [0.5, 0.6) is 0 Å². The standard InChI is InChI=1S/C8H14N2S/c1-7-8(11-6-10-7)4-3-5-9-2/h6,9H,3-5H2,1-2H3. The van der Waals surface area contributed by atoms with Crippen molar-refractivity contribution in [3.63, 3.8) is 0 Å². The van der Waals surface area contributed by atoms with Crippen LogP contribution >= 0.6 is 11.3 Å². The van der Waals surface area contributed by atoms with Crippen molar-refractivity contribution >= 4 is 11.3 Å². The summed E-state index contributed by atoms with van der Waals surface area (Å²) in [5, 5.41) is 3.13. The van der Waals surface area contributed by atoms with Crippen molar-refractivity contribution in [1.82, 2.24) is 10.3 Å². The minimum atomic E-state index is 1.09. The first kappa shape index (κ1) is 8.68. The van der Waals surface area contributed by atoms with E-state index >= 15 is 0 Å². The van der Waals surface area contributed by atoms with Gasteiger partial charge in [0.15, 0.2) is 0 Å². The first-order valence-electron chi connectivity index (χ1n) is 3.88. The highest BCUT2D eigenvalue weighted by atomic mass is 32.1. The zero-order chi connectivity index (χ0) is 8.10. The summed E-state index contributed by atoms with van der Waals surface area (Å²) in [4.78, 5) is 5.62. The zero-order valence-corrected chi connectivity index (χ0v) is 7.87. The maximum atomic E-state index is 4.19. The predicted molar refractivity (Wildman–Crippen MR) is 49.1 cm³/mol. The molecule has 0 unspecified atom stereocenters. The van der Waals surface area contributed by atoms with Crippen LogP contribution in [0.2, 0.25) is 0 Å². The molecule has 0 saturated heterocycles. The summed E-state index contributed by atoms with van der Waals surface area (Å²) in [5.74, 6) is 0. The van der Waals surface area contributed by atoms with Crippen molar-refractivity contribution in [2.45, 2.75) is 19.8 Å². The maximum absolute atomic E-state index is 4.19. The number of hydrogen-bond donors (Lipinski definition) is 1. The molecule has 1 N–H and O–H groups in total. The Morgan fingerprint density at radius 1 is 1.64 bits per heavy atom. The lowest BCUT2D eigenvalue weighted by Gasteiger charge is -1.97. The van der Waals surface area contributed by atoms with Crippen LogP contribution in [-0.4, -0.2) is 18.6 Å². The number of aromatic nitrogens is 1. The average Bonchev–Trinajstić information content (AvgIpc) is 2.37. The Morgan fingerprint density at radius 2 is 2.45 bits per heavy atom. The number of aryl methyl sites for hydroxylation is 2. The Bertz CT molecular complexity index is 208. The largest absolute Gasteiger partial charge is 0.320 e. The van der Waals surface area contributed by atoms with Crippen LogP contribution < -0.4 is 5.32 Å². The van der Waals surface area contributed by atoms with Gasteiger partial charge in [-0.15, -0.1) is 11.3 Å². The van der Waals surface area contributed by atoms with Gasteiger partial charge in [0.1, 0.15) is 0 Å². The molecule has 2 nitrogen and oxygen atoms in total. The van der Waals surface area contributed by atoms with Gasteiger partial charge in [-0.3, -0.25) is 0 Å². The molecule has 11 heavy (non-hydrogen) atoms. The lowest BCUT2D eigenvalue weighted by molar-refractivity contribution is 0.727. The van der Waals surface area contributed by atoms with Gasteiger partial charge in [0.05, 0.1) is 11.2 Å². The molecular formula is C8H14N2S. The van der Waals surface area contributed by atoms with Gasteiger partial charge in [-0.2, -0.15) is 0 Å². The number of hydrogen-bond acceptors (Lipinski definition) is 3. The van der Waals surface area contributed by atoms with Crippen molar-refractivity contribution in [3.05, 3.63) is 16.1 Å². The van der Waals surface area contributed by atoms with Crippen LogP contribution in [0, 0.1) is 6.92 Å². The van der Waals surface area contributed by atoms with Gasteiger partial charge in [-0.05, 0) is 33.4 Å². The molecule has 62 valence electrons. The highest BCUT2D eigenvalue weighted by Crippen LogP contribution is 2.13. The van der Waals surface area contributed by atoms with Crippen molar-refractivity contribution in [2.75, 3.05) is 13.6 Å². The smallest absolute Gasteiger partial charge is 0.0797 e. The molecule has 3 heteroatoms.